The topological polar surface area (TPSA) is 65.6 Å². The van der Waals surface area contributed by atoms with Gasteiger partial charge in [0.25, 0.3) is 0 Å². The Balaban J connectivity index is 1.74. The van der Waals surface area contributed by atoms with Crippen LogP contribution >= 0.6 is 0 Å². The molecule has 1 saturated heterocycles. The zero-order valence-electron chi connectivity index (χ0n) is 18.1. The zero-order valence-corrected chi connectivity index (χ0v) is 18.1. The summed E-state index contributed by atoms with van der Waals surface area (Å²) in [6.07, 6.45) is 0.514. The van der Waals surface area contributed by atoms with Crippen LogP contribution in [0.5, 0.6) is 5.75 Å². The molecule has 2 amide bonds. The average Bonchev–Trinajstić information content (AvgIpc) is 3.14. The number of piperazine rings is 1. The summed E-state index contributed by atoms with van der Waals surface area (Å²) in [7, 11) is 0. The van der Waals surface area contributed by atoms with E-state index in [9.17, 15) is 9.59 Å². The van der Waals surface area contributed by atoms with Crippen LogP contribution in [0.2, 0.25) is 0 Å². The molecule has 160 valence electrons. The van der Waals surface area contributed by atoms with Crippen LogP contribution in [-0.2, 0) is 16.0 Å². The minimum Gasteiger partial charge on any atom is -0.494 e. The molecule has 2 aliphatic heterocycles. The van der Waals surface area contributed by atoms with Crippen molar-refractivity contribution in [1.82, 2.24) is 14.8 Å². The molecule has 2 atom stereocenters. The summed E-state index contributed by atoms with van der Waals surface area (Å²) < 4.78 is 5.93. The number of carbonyl (C=O) groups excluding carboxylic acids is 2. The van der Waals surface area contributed by atoms with Gasteiger partial charge in [-0.2, -0.15) is 0 Å². The molecule has 1 aromatic heterocycles. The third-order valence-electron chi connectivity index (χ3n) is 6.43. The van der Waals surface area contributed by atoms with Crippen molar-refractivity contribution in [1.29, 1.82) is 0 Å². The van der Waals surface area contributed by atoms with Gasteiger partial charge in [0.2, 0.25) is 11.8 Å². The minimum atomic E-state index is -0.518. The van der Waals surface area contributed by atoms with Gasteiger partial charge in [-0.3, -0.25) is 9.59 Å². The molecule has 0 aliphatic carbocycles. The van der Waals surface area contributed by atoms with Crippen LogP contribution in [0.15, 0.2) is 48.5 Å². The van der Waals surface area contributed by atoms with Gasteiger partial charge in [-0.05, 0) is 38.5 Å². The highest BCUT2D eigenvalue weighted by Crippen LogP contribution is 2.44. The standard InChI is InChI=1S/C25H27N3O3/c1-4-31-21-12-8-6-10-17(21)24-23-18(16-9-5-7-11-19(16)26-23)13-20-25(30)27(15(2)3)14-22(29)28(20)24/h5-12,15,20,24,26H,4,13-14H2,1-3H3/t20-,24-/m0/s1. The number of aromatic nitrogens is 1. The molecule has 1 N–H and O–H groups in total. The second kappa shape index (κ2) is 7.45. The van der Waals surface area contributed by atoms with Gasteiger partial charge >= 0.3 is 0 Å². The van der Waals surface area contributed by atoms with Crippen molar-refractivity contribution in [3.8, 4) is 5.75 Å². The van der Waals surface area contributed by atoms with Crippen molar-refractivity contribution in [3.63, 3.8) is 0 Å². The number of nitrogens with one attached hydrogen (secondary N) is 1. The number of para-hydroxylation sites is 2. The van der Waals surface area contributed by atoms with Gasteiger partial charge in [-0.1, -0.05) is 36.4 Å². The van der Waals surface area contributed by atoms with Crippen LogP contribution in [0.1, 0.15) is 43.6 Å². The largest absolute Gasteiger partial charge is 0.494 e. The van der Waals surface area contributed by atoms with E-state index in [0.717, 1.165) is 33.5 Å². The molecule has 0 saturated carbocycles. The van der Waals surface area contributed by atoms with Crippen molar-refractivity contribution in [2.75, 3.05) is 13.2 Å². The van der Waals surface area contributed by atoms with Crippen LogP contribution in [0.3, 0.4) is 0 Å². The molecule has 1 fully saturated rings. The van der Waals surface area contributed by atoms with Gasteiger partial charge < -0.3 is 19.5 Å². The van der Waals surface area contributed by atoms with Crippen LogP contribution in [0.25, 0.3) is 10.9 Å². The summed E-state index contributed by atoms with van der Waals surface area (Å²) in [5.41, 5.74) is 4.01. The third-order valence-corrected chi connectivity index (χ3v) is 6.43. The molecule has 3 heterocycles. The molecule has 6 heteroatoms. The fraction of sp³-hybridized carbons (Fsp3) is 0.360. The number of carbonyl (C=O) groups is 2. The Bertz CT molecular complexity index is 1170. The summed E-state index contributed by atoms with van der Waals surface area (Å²) in [5.74, 6) is 0.732. The highest BCUT2D eigenvalue weighted by Gasteiger charge is 2.49. The maximum Gasteiger partial charge on any atom is 0.246 e. The number of amides is 2. The summed E-state index contributed by atoms with van der Waals surface area (Å²) in [6, 6.07) is 15.0. The van der Waals surface area contributed by atoms with Crippen LogP contribution in [0, 0.1) is 0 Å². The van der Waals surface area contributed by atoms with Crippen molar-refractivity contribution < 1.29 is 14.3 Å². The van der Waals surface area contributed by atoms with E-state index in [1.54, 1.807) is 9.80 Å². The fourth-order valence-corrected chi connectivity index (χ4v) is 5.04. The smallest absolute Gasteiger partial charge is 0.246 e. The second-order valence-corrected chi connectivity index (χ2v) is 8.52. The number of rotatable bonds is 4. The second-order valence-electron chi connectivity index (χ2n) is 8.52. The summed E-state index contributed by atoms with van der Waals surface area (Å²) in [6.45, 7) is 6.51. The van der Waals surface area contributed by atoms with Crippen LogP contribution < -0.4 is 4.74 Å². The Hall–Kier alpha value is -3.28. The van der Waals surface area contributed by atoms with E-state index < -0.39 is 12.1 Å². The highest BCUT2D eigenvalue weighted by molar-refractivity contribution is 5.97. The van der Waals surface area contributed by atoms with E-state index in [0.29, 0.717) is 13.0 Å². The molecule has 6 nitrogen and oxygen atoms in total. The zero-order chi connectivity index (χ0) is 21.7. The lowest BCUT2D eigenvalue weighted by atomic mass is 9.85. The maximum atomic E-state index is 13.5. The molecule has 31 heavy (non-hydrogen) atoms. The molecule has 2 aliphatic rings. The van der Waals surface area contributed by atoms with Gasteiger partial charge in [0, 0.05) is 34.6 Å². The van der Waals surface area contributed by atoms with Crippen LogP contribution in [-0.4, -0.2) is 51.8 Å². The lowest BCUT2D eigenvalue weighted by molar-refractivity contribution is -0.160. The SMILES string of the molecule is CCOc1ccccc1[C@H]1c2[nH]c3ccccc3c2C[C@H]2C(=O)N(C(C)C)CC(=O)N12. The van der Waals surface area contributed by atoms with Gasteiger partial charge in [0.15, 0.2) is 0 Å². The lowest BCUT2D eigenvalue weighted by Gasteiger charge is -2.48. The molecule has 3 aromatic rings. The average molecular weight is 418 g/mol. The van der Waals surface area contributed by atoms with Gasteiger partial charge in [-0.25, -0.2) is 0 Å². The highest BCUT2D eigenvalue weighted by atomic mass is 16.5. The van der Waals surface area contributed by atoms with E-state index in [4.69, 9.17) is 4.74 Å². The van der Waals surface area contributed by atoms with E-state index in [-0.39, 0.29) is 24.4 Å². The normalized spacial score (nSPS) is 20.9. The molecule has 0 unspecified atom stereocenters. The van der Waals surface area contributed by atoms with Crippen LogP contribution in [0.4, 0.5) is 0 Å². The van der Waals surface area contributed by atoms with E-state index in [1.165, 1.54) is 0 Å². The number of benzene rings is 2. The molecule has 0 spiro atoms. The van der Waals surface area contributed by atoms with E-state index >= 15 is 0 Å². The predicted molar refractivity (Wildman–Crippen MR) is 119 cm³/mol. The monoisotopic (exact) mass is 417 g/mol. The number of fused-ring (bicyclic) bond motifs is 4. The number of nitrogens with zero attached hydrogens (tertiary/aromatic N) is 2. The van der Waals surface area contributed by atoms with Crippen molar-refractivity contribution >= 4 is 22.7 Å². The Morgan fingerprint density at radius 1 is 1.10 bits per heavy atom. The Kier molecular flexibility index (Phi) is 4.73. The first kappa shape index (κ1) is 19.7. The molecular formula is C25H27N3O3. The molecular weight excluding hydrogens is 390 g/mol. The van der Waals surface area contributed by atoms with Crippen molar-refractivity contribution in [2.24, 2.45) is 0 Å². The quantitative estimate of drug-likeness (QED) is 0.705. The fourth-order valence-electron chi connectivity index (χ4n) is 5.04. The van der Waals surface area contributed by atoms with Crippen molar-refractivity contribution in [2.45, 2.75) is 45.3 Å². The molecule has 0 radical (unpaired) electrons. The Morgan fingerprint density at radius 2 is 1.84 bits per heavy atom. The molecule has 2 aromatic carbocycles. The minimum absolute atomic E-state index is 0.0165. The predicted octanol–water partition coefficient (Wildman–Crippen LogP) is 3.66. The Morgan fingerprint density at radius 3 is 2.61 bits per heavy atom. The first-order valence-electron chi connectivity index (χ1n) is 10.9. The van der Waals surface area contributed by atoms with E-state index in [1.807, 2.05) is 63.2 Å². The number of H-pyrrole nitrogens is 1. The number of hydrogen-bond donors (Lipinski definition) is 1. The van der Waals surface area contributed by atoms with Crippen molar-refractivity contribution in [3.05, 3.63) is 65.4 Å². The summed E-state index contributed by atoms with van der Waals surface area (Å²) in [5, 5.41) is 1.11. The first-order valence-corrected chi connectivity index (χ1v) is 10.9. The summed E-state index contributed by atoms with van der Waals surface area (Å²) >= 11 is 0. The first-order chi connectivity index (χ1) is 15.0. The summed E-state index contributed by atoms with van der Waals surface area (Å²) in [4.78, 5) is 34.0. The number of aromatic amines is 1. The maximum absolute atomic E-state index is 13.5. The lowest BCUT2D eigenvalue weighted by Crippen LogP contribution is -2.64. The number of ether oxygens (including phenoxy) is 1. The molecule has 5 rings (SSSR count). The molecule has 0 bridgehead atoms. The van der Waals surface area contributed by atoms with Gasteiger partial charge in [-0.15, -0.1) is 0 Å². The van der Waals surface area contributed by atoms with Gasteiger partial charge in [0.05, 0.1) is 6.61 Å². The van der Waals surface area contributed by atoms with Gasteiger partial charge in [0.1, 0.15) is 24.4 Å². The Labute approximate surface area is 181 Å². The third kappa shape index (κ3) is 3.00. The number of hydrogen-bond acceptors (Lipinski definition) is 3. The van der Waals surface area contributed by atoms with E-state index in [2.05, 4.69) is 11.1 Å².